The Kier molecular flexibility index (Phi) is 4.74. The first kappa shape index (κ1) is 14.2. The fourth-order valence-corrected chi connectivity index (χ4v) is 3.54. The van der Waals surface area contributed by atoms with E-state index in [1.165, 1.54) is 0 Å². The van der Waals surface area contributed by atoms with Crippen LogP contribution >= 0.6 is 0 Å². The number of hydrogen-bond donors (Lipinski definition) is 2. The molecule has 1 aliphatic heterocycles. The van der Waals surface area contributed by atoms with E-state index in [0.717, 1.165) is 53.9 Å². The summed E-state index contributed by atoms with van der Waals surface area (Å²) in [6.07, 6.45) is 1.90. The molecule has 1 aromatic rings. The molecule has 0 amide bonds. The number of hydrogen-bond acceptors (Lipinski definition) is 5. The average molecular weight is 282 g/mol. The molecule has 2 N–H and O–H groups in total. The SMILES string of the molecule is CCNc1nc(C)nc(NC2CCS(=O)CC2)c1C. The zero-order chi connectivity index (χ0) is 13.8. The Morgan fingerprint density at radius 2 is 1.84 bits per heavy atom. The van der Waals surface area contributed by atoms with Gasteiger partial charge in [-0.2, -0.15) is 0 Å². The molecule has 0 radical (unpaired) electrons. The smallest absolute Gasteiger partial charge is 0.134 e. The summed E-state index contributed by atoms with van der Waals surface area (Å²) >= 11 is 0. The standard InChI is InChI=1S/C13H22N4OS/c1-4-14-12-9(2)13(16-10(3)15-12)17-11-5-7-19(18)8-6-11/h11H,4-8H2,1-3H3,(H2,14,15,16,17). The Labute approximate surface area is 117 Å². The lowest BCUT2D eigenvalue weighted by Gasteiger charge is -2.24. The van der Waals surface area contributed by atoms with Gasteiger partial charge in [-0.25, -0.2) is 9.97 Å². The fourth-order valence-electron chi connectivity index (χ4n) is 2.24. The second-order valence-corrected chi connectivity index (χ2v) is 6.59. The van der Waals surface area contributed by atoms with Gasteiger partial charge in [0.05, 0.1) is 0 Å². The highest BCUT2D eigenvalue weighted by molar-refractivity contribution is 7.85. The Morgan fingerprint density at radius 3 is 2.47 bits per heavy atom. The van der Waals surface area contributed by atoms with Crippen LogP contribution in [0.1, 0.15) is 31.2 Å². The maximum absolute atomic E-state index is 11.4. The lowest BCUT2D eigenvalue weighted by Crippen LogP contribution is -2.30. The van der Waals surface area contributed by atoms with Crippen LogP contribution in [-0.2, 0) is 10.8 Å². The van der Waals surface area contributed by atoms with E-state index < -0.39 is 10.8 Å². The van der Waals surface area contributed by atoms with Crippen molar-refractivity contribution < 1.29 is 4.21 Å². The van der Waals surface area contributed by atoms with Crippen molar-refractivity contribution in [2.24, 2.45) is 0 Å². The zero-order valence-corrected chi connectivity index (χ0v) is 12.6. The van der Waals surface area contributed by atoms with Crippen LogP contribution in [0.5, 0.6) is 0 Å². The van der Waals surface area contributed by atoms with Crippen LogP contribution in [0.4, 0.5) is 11.6 Å². The van der Waals surface area contributed by atoms with E-state index in [-0.39, 0.29) is 0 Å². The second kappa shape index (κ2) is 6.32. The number of anilines is 2. The monoisotopic (exact) mass is 282 g/mol. The van der Waals surface area contributed by atoms with Gasteiger partial charge in [0.2, 0.25) is 0 Å². The molecule has 1 aromatic heterocycles. The molecule has 0 aliphatic carbocycles. The third-order valence-electron chi connectivity index (χ3n) is 3.33. The molecular formula is C13H22N4OS. The number of aromatic nitrogens is 2. The molecule has 2 heterocycles. The van der Waals surface area contributed by atoms with Gasteiger partial charge in [-0.1, -0.05) is 0 Å². The lowest BCUT2D eigenvalue weighted by molar-refractivity contribution is 0.622. The van der Waals surface area contributed by atoms with Gasteiger partial charge in [0, 0.05) is 40.5 Å². The van der Waals surface area contributed by atoms with Gasteiger partial charge in [0.15, 0.2) is 0 Å². The Balaban J connectivity index is 2.13. The fraction of sp³-hybridized carbons (Fsp3) is 0.692. The maximum atomic E-state index is 11.4. The number of nitrogens with one attached hydrogen (secondary N) is 2. The molecule has 0 spiro atoms. The highest BCUT2D eigenvalue weighted by Gasteiger charge is 2.19. The first-order chi connectivity index (χ1) is 9.10. The highest BCUT2D eigenvalue weighted by Crippen LogP contribution is 2.22. The quantitative estimate of drug-likeness (QED) is 0.882. The van der Waals surface area contributed by atoms with E-state index in [4.69, 9.17) is 0 Å². The summed E-state index contributed by atoms with van der Waals surface area (Å²) in [6.45, 7) is 6.84. The minimum atomic E-state index is -0.621. The van der Waals surface area contributed by atoms with Gasteiger partial charge >= 0.3 is 0 Å². The second-order valence-electron chi connectivity index (χ2n) is 4.89. The topological polar surface area (TPSA) is 66.9 Å². The van der Waals surface area contributed by atoms with Gasteiger partial charge in [-0.15, -0.1) is 0 Å². The van der Waals surface area contributed by atoms with Crippen molar-refractivity contribution in [1.82, 2.24) is 9.97 Å². The summed E-state index contributed by atoms with van der Waals surface area (Å²) in [6, 6.07) is 0.375. The van der Waals surface area contributed by atoms with Crippen LogP contribution in [0.3, 0.4) is 0 Å². The summed E-state index contributed by atoms with van der Waals surface area (Å²) in [4.78, 5) is 8.91. The molecule has 1 fully saturated rings. The van der Waals surface area contributed by atoms with Crippen molar-refractivity contribution in [3.8, 4) is 0 Å². The average Bonchev–Trinajstić information content (AvgIpc) is 2.38. The van der Waals surface area contributed by atoms with Crippen LogP contribution in [0.25, 0.3) is 0 Å². The summed E-state index contributed by atoms with van der Waals surface area (Å²) in [5, 5.41) is 6.75. The number of nitrogens with zero attached hydrogens (tertiary/aromatic N) is 2. The summed E-state index contributed by atoms with van der Waals surface area (Å²) in [5.41, 5.74) is 1.05. The van der Waals surface area contributed by atoms with Gasteiger partial charge in [-0.3, -0.25) is 4.21 Å². The zero-order valence-electron chi connectivity index (χ0n) is 11.8. The van der Waals surface area contributed by atoms with E-state index in [9.17, 15) is 4.21 Å². The van der Waals surface area contributed by atoms with Crippen LogP contribution < -0.4 is 10.6 Å². The molecule has 2 rings (SSSR count). The van der Waals surface area contributed by atoms with E-state index in [2.05, 4.69) is 27.5 Å². The predicted molar refractivity (Wildman–Crippen MR) is 80.2 cm³/mol. The molecular weight excluding hydrogens is 260 g/mol. The van der Waals surface area contributed by atoms with Gasteiger partial charge in [0.1, 0.15) is 17.5 Å². The molecule has 0 saturated carbocycles. The predicted octanol–water partition coefficient (Wildman–Crippen LogP) is 1.85. The van der Waals surface area contributed by atoms with Crippen LogP contribution in [0.2, 0.25) is 0 Å². The van der Waals surface area contributed by atoms with Crippen LogP contribution in [-0.4, -0.2) is 38.3 Å². The molecule has 0 aromatic carbocycles. The van der Waals surface area contributed by atoms with Crippen molar-refractivity contribution in [3.05, 3.63) is 11.4 Å². The van der Waals surface area contributed by atoms with Crippen LogP contribution in [0, 0.1) is 13.8 Å². The lowest BCUT2D eigenvalue weighted by atomic mass is 10.1. The molecule has 6 heteroatoms. The van der Waals surface area contributed by atoms with E-state index in [1.54, 1.807) is 0 Å². The Hall–Kier alpha value is -1.17. The summed E-state index contributed by atoms with van der Waals surface area (Å²) < 4.78 is 11.4. The molecule has 1 saturated heterocycles. The molecule has 0 atom stereocenters. The summed E-state index contributed by atoms with van der Waals surface area (Å²) in [7, 11) is -0.621. The van der Waals surface area contributed by atoms with E-state index in [1.807, 2.05) is 13.8 Å². The highest BCUT2D eigenvalue weighted by atomic mass is 32.2. The van der Waals surface area contributed by atoms with Crippen molar-refractivity contribution in [2.45, 2.75) is 39.7 Å². The minimum absolute atomic E-state index is 0.375. The third kappa shape index (κ3) is 3.65. The molecule has 19 heavy (non-hydrogen) atoms. The van der Waals surface area contributed by atoms with Crippen molar-refractivity contribution in [2.75, 3.05) is 28.7 Å². The van der Waals surface area contributed by atoms with Crippen LogP contribution in [0.15, 0.2) is 0 Å². The molecule has 1 aliphatic rings. The van der Waals surface area contributed by atoms with Gasteiger partial charge < -0.3 is 10.6 Å². The molecule has 0 bridgehead atoms. The van der Waals surface area contributed by atoms with E-state index in [0.29, 0.717) is 6.04 Å². The first-order valence-corrected chi connectivity index (χ1v) is 8.29. The number of rotatable bonds is 4. The van der Waals surface area contributed by atoms with Gasteiger partial charge in [-0.05, 0) is 33.6 Å². The normalized spacial score (nSPS) is 23.1. The molecule has 0 unspecified atom stereocenters. The third-order valence-corrected chi connectivity index (χ3v) is 4.71. The minimum Gasteiger partial charge on any atom is -0.370 e. The maximum Gasteiger partial charge on any atom is 0.134 e. The Bertz CT molecular complexity index is 468. The van der Waals surface area contributed by atoms with Crippen molar-refractivity contribution >= 4 is 22.4 Å². The summed E-state index contributed by atoms with van der Waals surface area (Å²) in [5.74, 6) is 4.16. The molecule has 5 nitrogen and oxygen atoms in total. The van der Waals surface area contributed by atoms with Gasteiger partial charge in [0.25, 0.3) is 0 Å². The Morgan fingerprint density at radius 1 is 1.21 bits per heavy atom. The van der Waals surface area contributed by atoms with E-state index >= 15 is 0 Å². The first-order valence-electron chi connectivity index (χ1n) is 6.80. The number of aryl methyl sites for hydroxylation is 1. The van der Waals surface area contributed by atoms with Crippen molar-refractivity contribution in [1.29, 1.82) is 0 Å². The van der Waals surface area contributed by atoms with Crippen molar-refractivity contribution in [3.63, 3.8) is 0 Å². The molecule has 106 valence electrons. The largest absolute Gasteiger partial charge is 0.370 e.